The van der Waals surface area contributed by atoms with E-state index in [1.165, 1.54) is 28.0 Å². The molecule has 3 heterocycles. The average molecular weight is 511 g/mol. The number of aromatic nitrogens is 3. The quantitative estimate of drug-likeness (QED) is 0.408. The summed E-state index contributed by atoms with van der Waals surface area (Å²) < 4.78 is 15.4. The minimum absolute atomic E-state index is 0.119. The number of hydrogen-bond acceptors (Lipinski definition) is 7. The molecule has 1 fully saturated rings. The number of nitrogens with one attached hydrogen (secondary N) is 1. The second-order valence-corrected chi connectivity index (χ2v) is 9.93. The van der Waals surface area contributed by atoms with Crippen LogP contribution in [0.15, 0.2) is 64.3 Å². The van der Waals surface area contributed by atoms with Gasteiger partial charge in [-0.15, -0.1) is 11.8 Å². The number of benzene rings is 2. The lowest BCUT2D eigenvalue weighted by atomic mass is 10.2. The molecule has 5 rings (SSSR count). The van der Waals surface area contributed by atoms with Crippen molar-refractivity contribution in [3.8, 4) is 10.6 Å². The van der Waals surface area contributed by atoms with Crippen LogP contribution < -0.4 is 10.9 Å². The normalized spacial score (nSPS) is 14.4. The fraction of sp³-hybridized carbons (Fsp3) is 0.250. The molecule has 35 heavy (non-hydrogen) atoms. The fourth-order valence-corrected chi connectivity index (χ4v) is 5.33. The van der Waals surface area contributed by atoms with Crippen LogP contribution in [0.1, 0.15) is 5.69 Å². The van der Waals surface area contributed by atoms with Gasteiger partial charge >= 0.3 is 6.03 Å². The van der Waals surface area contributed by atoms with Crippen molar-refractivity contribution in [1.29, 1.82) is 0 Å². The Labute approximate surface area is 209 Å². The Balaban J connectivity index is 1.23. The summed E-state index contributed by atoms with van der Waals surface area (Å²) in [4.78, 5) is 35.4. The van der Waals surface area contributed by atoms with Gasteiger partial charge in [0, 0.05) is 54.9 Å². The minimum Gasteiger partial charge on any atom is -0.322 e. The van der Waals surface area contributed by atoms with Crippen molar-refractivity contribution in [1.82, 2.24) is 24.4 Å². The largest absolute Gasteiger partial charge is 0.322 e. The van der Waals surface area contributed by atoms with Crippen molar-refractivity contribution < 1.29 is 9.18 Å². The molecule has 2 aromatic carbocycles. The molecule has 1 aliphatic heterocycles. The lowest BCUT2D eigenvalue weighted by Crippen LogP contribution is -2.49. The van der Waals surface area contributed by atoms with E-state index in [2.05, 4.69) is 20.3 Å². The number of carbonyl (C=O) groups excluding carboxylic acids is 1. The molecule has 0 unspecified atom stereocenters. The molecule has 11 heteroatoms. The number of anilines is 1. The number of rotatable bonds is 5. The first-order valence-corrected chi connectivity index (χ1v) is 13.1. The standard InChI is InChI=1S/C24H23FN6O2S2/c1-34-18-6-4-5-16(13-18)26-23(33)30-11-9-29(10-12-30)15-17-14-21(32)31-24(27-17)35-22(28-31)19-7-2-3-8-20(19)25/h2-8,13-14H,9-12,15H2,1H3,(H,26,33). The number of piperazine rings is 1. The first kappa shape index (κ1) is 23.5. The molecule has 0 aliphatic carbocycles. The van der Waals surface area contributed by atoms with E-state index in [9.17, 15) is 14.0 Å². The van der Waals surface area contributed by atoms with Gasteiger partial charge in [0.15, 0.2) is 5.01 Å². The maximum atomic E-state index is 14.2. The van der Waals surface area contributed by atoms with E-state index < -0.39 is 5.82 Å². The molecule has 0 saturated carbocycles. The lowest BCUT2D eigenvalue weighted by Gasteiger charge is -2.34. The molecule has 0 radical (unpaired) electrons. The number of amides is 2. The smallest absolute Gasteiger partial charge is 0.321 e. The lowest BCUT2D eigenvalue weighted by molar-refractivity contribution is 0.142. The van der Waals surface area contributed by atoms with Gasteiger partial charge in [-0.1, -0.05) is 29.5 Å². The number of hydrogen-bond donors (Lipinski definition) is 1. The predicted octanol–water partition coefficient (Wildman–Crippen LogP) is 4.03. The average Bonchev–Trinajstić information content (AvgIpc) is 3.29. The topological polar surface area (TPSA) is 82.8 Å². The van der Waals surface area contributed by atoms with Crippen molar-refractivity contribution in [2.45, 2.75) is 11.4 Å². The van der Waals surface area contributed by atoms with E-state index in [1.54, 1.807) is 34.9 Å². The van der Waals surface area contributed by atoms with Crippen LogP contribution in [-0.2, 0) is 6.54 Å². The first-order valence-electron chi connectivity index (χ1n) is 11.1. The van der Waals surface area contributed by atoms with Crippen molar-refractivity contribution in [3.05, 3.63) is 76.5 Å². The zero-order chi connectivity index (χ0) is 24.4. The summed E-state index contributed by atoms with van der Waals surface area (Å²) in [6, 6.07) is 15.5. The molecular weight excluding hydrogens is 487 g/mol. The molecule has 8 nitrogen and oxygen atoms in total. The Morgan fingerprint density at radius 1 is 1.11 bits per heavy atom. The molecule has 0 spiro atoms. The summed E-state index contributed by atoms with van der Waals surface area (Å²) >= 11 is 2.81. The molecule has 1 aliphatic rings. The van der Waals surface area contributed by atoms with Crippen LogP contribution >= 0.6 is 23.1 Å². The zero-order valence-electron chi connectivity index (χ0n) is 19.0. The predicted molar refractivity (Wildman–Crippen MR) is 137 cm³/mol. The first-order chi connectivity index (χ1) is 17.0. The summed E-state index contributed by atoms with van der Waals surface area (Å²) in [6.07, 6.45) is 2.00. The van der Waals surface area contributed by atoms with Gasteiger partial charge in [-0.3, -0.25) is 9.69 Å². The Morgan fingerprint density at radius 2 is 1.91 bits per heavy atom. The molecule has 0 bridgehead atoms. The van der Waals surface area contributed by atoms with Crippen molar-refractivity contribution >= 4 is 39.8 Å². The molecule has 0 atom stereocenters. The molecule has 4 aromatic rings. The molecule has 180 valence electrons. The van der Waals surface area contributed by atoms with Crippen LogP contribution in [0.3, 0.4) is 0 Å². The van der Waals surface area contributed by atoms with E-state index in [0.29, 0.717) is 53.9 Å². The van der Waals surface area contributed by atoms with Crippen LogP contribution in [0.5, 0.6) is 0 Å². The van der Waals surface area contributed by atoms with E-state index in [-0.39, 0.29) is 11.6 Å². The number of thioether (sulfide) groups is 1. The van der Waals surface area contributed by atoms with Gasteiger partial charge in [-0.2, -0.15) is 9.61 Å². The highest BCUT2D eigenvalue weighted by molar-refractivity contribution is 7.98. The van der Waals surface area contributed by atoms with Gasteiger partial charge < -0.3 is 10.2 Å². The molecule has 2 aromatic heterocycles. The second-order valence-electron chi connectivity index (χ2n) is 8.09. The van der Waals surface area contributed by atoms with Crippen LogP contribution in [0.2, 0.25) is 0 Å². The fourth-order valence-electron chi connectivity index (χ4n) is 3.92. The zero-order valence-corrected chi connectivity index (χ0v) is 20.6. The molecular formula is C24H23FN6O2S2. The van der Waals surface area contributed by atoms with Crippen molar-refractivity contribution in [2.75, 3.05) is 37.8 Å². The van der Waals surface area contributed by atoms with E-state index >= 15 is 0 Å². The van der Waals surface area contributed by atoms with Gasteiger partial charge in [0.1, 0.15) is 5.82 Å². The minimum atomic E-state index is -0.390. The Hall–Kier alpha value is -3.28. The summed E-state index contributed by atoms with van der Waals surface area (Å²) in [5, 5.41) is 7.63. The number of halogens is 1. The maximum absolute atomic E-state index is 14.2. The Bertz CT molecular complexity index is 1430. The second kappa shape index (κ2) is 10.1. The van der Waals surface area contributed by atoms with E-state index in [4.69, 9.17) is 0 Å². The number of urea groups is 1. The van der Waals surface area contributed by atoms with Gasteiger partial charge in [-0.05, 0) is 36.6 Å². The van der Waals surface area contributed by atoms with Gasteiger partial charge in [0.05, 0.1) is 5.69 Å². The van der Waals surface area contributed by atoms with Crippen molar-refractivity contribution in [3.63, 3.8) is 0 Å². The summed E-state index contributed by atoms with van der Waals surface area (Å²) in [7, 11) is 0. The van der Waals surface area contributed by atoms with Gasteiger partial charge in [0.25, 0.3) is 5.56 Å². The van der Waals surface area contributed by atoms with Gasteiger partial charge in [0.2, 0.25) is 4.96 Å². The summed E-state index contributed by atoms with van der Waals surface area (Å²) in [5.41, 5.74) is 1.46. The molecule has 1 saturated heterocycles. The van der Waals surface area contributed by atoms with Gasteiger partial charge in [-0.25, -0.2) is 14.2 Å². The van der Waals surface area contributed by atoms with Crippen LogP contribution in [0, 0.1) is 5.82 Å². The number of carbonyl (C=O) groups is 1. The van der Waals surface area contributed by atoms with E-state index in [1.807, 2.05) is 30.5 Å². The third-order valence-corrected chi connectivity index (χ3v) is 7.44. The van der Waals surface area contributed by atoms with Crippen LogP contribution in [-0.4, -0.2) is 62.9 Å². The SMILES string of the molecule is CSc1cccc(NC(=O)N2CCN(Cc3cc(=O)n4nc(-c5ccccc5F)sc4n3)CC2)c1. The van der Waals surface area contributed by atoms with Crippen LogP contribution in [0.25, 0.3) is 15.5 Å². The number of fused-ring (bicyclic) bond motifs is 1. The third-order valence-electron chi connectivity index (χ3n) is 5.77. The van der Waals surface area contributed by atoms with Crippen molar-refractivity contribution in [2.24, 2.45) is 0 Å². The Morgan fingerprint density at radius 3 is 2.69 bits per heavy atom. The summed E-state index contributed by atoms with van der Waals surface area (Å²) in [6.45, 7) is 2.98. The number of nitrogens with zero attached hydrogens (tertiary/aromatic N) is 5. The molecule has 2 amide bonds. The monoisotopic (exact) mass is 510 g/mol. The van der Waals surface area contributed by atoms with Crippen LogP contribution in [0.4, 0.5) is 14.9 Å². The summed E-state index contributed by atoms with van der Waals surface area (Å²) in [5.74, 6) is -0.390. The molecule has 1 N–H and O–H groups in total. The maximum Gasteiger partial charge on any atom is 0.321 e. The van der Waals surface area contributed by atoms with E-state index in [0.717, 1.165) is 10.6 Å². The Kier molecular flexibility index (Phi) is 6.80. The third kappa shape index (κ3) is 5.21. The highest BCUT2D eigenvalue weighted by Gasteiger charge is 2.22. The highest BCUT2D eigenvalue weighted by atomic mass is 32.2. The highest BCUT2D eigenvalue weighted by Crippen LogP contribution is 2.26.